The molecule has 0 saturated carbocycles. The van der Waals surface area contributed by atoms with E-state index in [-0.39, 0.29) is 12.3 Å². The van der Waals surface area contributed by atoms with Crippen molar-refractivity contribution in [1.82, 2.24) is 0 Å². The molecule has 0 saturated heterocycles. The average Bonchev–Trinajstić information content (AvgIpc) is 2.92. The van der Waals surface area contributed by atoms with Gasteiger partial charge in [-0.05, 0) is 79.1 Å². The van der Waals surface area contributed by atoms with Crippen molar-refractivity contribution in [3.8, 4) is 23.0 Å². The lowest BCUT2D eigenvalue weighted by Gasteiger charge is -2.38. The Hall–Kier alpha value is -4.20. The molecule has 0 aliphatic carbocycles. The van der Waals surface area contributed by atoms with Crippen LogP contribution in [0, 0.1) is 0 Å². The third-order valence-corrected chi connectivity index (χ3v) is 6.26. The van der Waals surface area contributed by atoms with Gasteiger partial charge in [-0.1, -0.05) is 6.07 Å². The summed E-state index contributed by atoms with van der Waals surface area (Å²) in [4.78, 5) is 27.4. The molecule has 37 heavy (non-hydrogen) atoms. The minimum atomic E-state index is -0.491. The highest BCUT2D eigenvalue weighted by Gasteiger charge is 2.36. The number of hydrogen-bond donors (Lipinski definition) is 0. The first kappa shape index (κ1) is 25.9. The number of amides is 1. The second-order valence-electron chi connectivity index (χ2n) is 8.36. The fourth-order valence-electron chi connectivity index (χ4n) is 4.61. The molecule has 0 radical (unpaired) electrons. The molecule has 3 aromatic carbocycles. The van der Waals surface area contributed by atoms with Gasteiger partial charge in [0.2, 0.25) is 5.91 Å². The van der Waals surface area contributed by atoms with Crippen molar-refractivity contribution in [1.29, 1.82) is 0 Å². The van der Waals surface area contributed by atoms with Gasteiger partial charge in [-0.3, -0.25) is 4.79 Å². The minimum absolute atomic E-state index is 0.0929. The van der Waals surface area contributed by atoms with E-state index in [0.717, 1.165) is 16.7 Å². The summed E-state index contributed by atoms with van der Waals surface area (Å²) in [5.41, 5.74) is 3.65. The van der Waals surface area contributed by atoms with Crippen LogP contribution < -0.4 is 23.8 Å². The van der Waals surface area contributed by atoms with Crippen LogP contribution in [0.2, 0.25) is 0 Å². The first-order chi connectivity index (χ1) is 17.9. The van der Waals surface area contributed by atoms with Crippen molar-refractivity contribution in [3.63, 3.8) is 0 Å². The quantitative estimate of drug-likeness (QED) is 0.380. The molecule has 3 aromatic rings. The second kappa shape index (κ2) is 11.2. The van der Waals surface area contributed by atoms with Crippen LogP contribution in [0.3, 0.4) is 0 Å². The van der Waals surface area contributed by atoms with Crippen molar-refractivity contribution in [2.75, 3.05) is 39.4 Å². The number of carbonyl (C=O) groups excluding carboxylic acids is 2. The summed E-state index contributed by atoms with van der Waals surface area (Å²) in [5.74, 6) is 1.83. The number of benzene rings is 3. The number of ether oxygens (including phenoxy) is 5. The second-order valence-corrected chi connectivity index (χ2v) is 8.36. The Morgan fingerprint density at radius 3 is 2.08 bits per heavy atom. The molecule has 1 heterocycles. The van der Waals surface area contributed by atoms with E-state index in [1.165, 1.54) is 7.11 Å². The summed E-state index contributed by atoms with van der Waals surface area (Å²) in [6.45, 7) is 4.77. The molecular weight excluding hydrogens is 474 g/mol. The first-order valence-electron chi connectivity index (χ1n) is 12.1. The van der Waals surface area contributed by atoms with Crippen LogP contribution in [0.1, 0.15) is 46.9 Å². The Balaban J connectivity index is 1.92. The SMILES string of the molecule is CCOc1cc2c(cc1OCC)C(c1ccc(OC)c(OC)c1)N(c1ccc(C(=O)OC)cc1)C(=O)C2. The largest absolute Gasteiger partial charge is 0.493 e. The van der Waals surface area contributed by atoms with Crippen LogP contribution in [-0.2, 0) is 16.0 Å². The molecule has 0 N–H and O–H groups in total. The maximum absolute atomic E-state index is 13.7. The number of fused-ring (bicyclic) bond motifs is 1. The Morgan fingerprint density at radius 1 is 0.838 bits per heavy atom. The zero-order valence-corrected chi connectivity index (χ0v) is 21.7. The van der Waals surface area contributed by atoms with Gasteiger partial charge in [0, 0.05) is 5.69 Å². The van der Waals surface area contributed by atoms with Crippen molar-refractivity contribution < 1.29 is 33.3 Å². The van der Waals surface area contributed by atoms with Gasteiger partial charge in [-0.15, -0.1) is 0 Å². The molecule has 1 amide bonds. The molecule has 8 nitrogen and oxygen atoms in total. The van der Waals surface area contributed by atoms with Crippen LogP contribution in [0.5, 0.6) is 23.0 Å². The first-order valence-corrected chi connectivity index (χ1v) is 12.1. The van der Waals surface area contributed by atoms with E-state index < -0.39 is 12.0 Å². The van der Waals surface area contributed by atoms with Gasteiger partial charge in [0.05, 0.1) is 52.6 Å². The topological polar surface area (TPSA) is 83.5 Å². The lowest BCUT2D eigenvalue weighted by Crippen LogP contribution is -2.41. The van der Waals surface area contributed by atoms with Crippen molar-refractivity contribution in [3.05, 3.63) is 76.9 Å². The average molecular weight is 506 g/mol. The van der Waals surface area contributed by atoms with Crippen molar-refractivity contribution in [2.45, 2.75) is 26.3 Å². The van der Waals surface area contributed by atoms with Gasteiger partial charge in [0.25, 0.3) is 0 Å². The monoisotopic (exact) mass is 505 g/mol. The van der Waals surface area contributed by atoms with E-state index >= 15 is 0 Å². The van der Waals surface area contributed by atoms with E-state index in [0.29, 0.717) is 47.5 Å². The number of methoxy groups -OCH3 is 3. The third kappa shape index (κ3) is 5.05. The maximum atomic E-state index is 13.7. The number of nitrogens with zero attached hydrogens (tertiary/aromatic N) is 1. The summed E-state index contributed by atoms with van der Waals surface area (Å²) in [7, 11) is 4.49. The lowest BCUT2D eigenvalue weighted by atomic mass is 9.86. The Morgan fingerprint density at radius 2 is 1.49 bits per heavy atom. The standard InChI is InChI=1S/C29H31NO7/c1-6-36-25-15-20-16-27(31)30(21-11-8-18(9-12-21)29(32)35-5)28(22(20)17-26(25)37-7-2)19-10-13-23(33-3)24(14-19)34-4/h8-15,17,28H,6-7,16H2,1-5H3. The number of carbonyl (C=O) groups is 2. The Labute approximate surface area is 216 Å². The van der Waals surface area contributed by atoms with Gasteiger partial charge in [-0.25, -0.2) is 4.79 Å². The van der Waals surface area contributed by atoms with Gasteiger partial charge >= 0.3 is 5.97 Å². The summed E-state index contributed by atoms with van der Waals surface area (Å²) in [6, 6.07) is 15.8. The molecule has 194 valence electrons. The molecule has 8 heteroatoms. The smallest absolute Gasteiger partial charge is 0.337 e. The van der Waals surface area contributed by atoms with Crippen LogP contribution in [0.4, 0.5) is 5.69 Å². The number of anilines is 1. The zero-order chi connectivity index (χ0) is 26.5. The fourth-order valence-corrected chi connectivity index (χ4v) is 4.61. The Bertz CT molecular complexity index is 1290. The molecule has 1 atom stereocenters. The highest BCUT2D eigenvalue weighted by atomic mass is 16.5. The van der Waals surface area contributed by atoms with Gasteiger partial charge in [0.15, 0.2) is 23.0 Å². The predicted molar refractivity (Wildman–Crippen MR) is 139 cm³/mol. The molecule has 1 aliphatic heterocycles. The summed E-state index contributed by atoms with van der Waals surface area (Å²) in [6.07, 6.45) is 0.185. The molecule has 0 bridgehead atoms. The molecule has 0 fully saturated rings. The van der Waals surface area contributed by atoms with E-state index in [4.69, 9.17) is 23.7 Å². The summed E-state index contributed by atoms with van der Waals surface area (Å²) >= 11 is 0. The number of rotatable bonds is 9. The normalized spacial score (nSPS) is 14.6. The van der Waals surface area contributed by atoms with Crippen molar-refractivity contribution >= 4 is 17.6 Å². The molecule has 0 aromatic heterocycles. The Kier molecular flexibility index (Phi) is 7.86. The maximum Gasteiger partial charge on any atom is 0.337 e. The van der Waals surface area contributed by atoms with Crippen LogP contribution >= 0.6 is 0 Å². The van der Waals surface area contributed by atoms with E-state index in [9.17, 15) is 9.59 Å². The lowest BCUT2D eigenvalue weighted by molar-refractivity contribution is -0.118. The molecular formula is C29H31NO7. The molecule has 1 aliphatic rings. The zero-order valence-electron chi connectivity index (χ0n) is 21.7. The highest BCUT2D eigenvalue weighted by molar-refractivity contribution is 5.99. The van der Waals surface area contributed by atoms with E-state index in [2.05, 4.69) is 0 Å². The van der Waals surface area contributed by atoms with Crippen LogP contribution in [-0.4, -0.2) is 46.4 Å². The van der Waals surface area contributed by atoms with E-state index in [1.807, 2.05) is 44.2 Å². The third-order valence-electron chi connectivity index (χ3n) is 6.26. The van der Waals surface area contributed by atoms with Crippen molar-refractivity contribution in [2.24, 2.45) is 0 Å². The molecule has 1 unspecified atom stereocenters. The van der Waals surface area contributed by atoms with Crippen LogP contribution in [0.15, 0.2) is 54.6 Å². The van der Waals surface area contributed by atoms with E-state index in [1.54, 1.807) is 43.4 Å². The summed E-state index contributed by atoms with van der Waals surface area (Å²) in [5, 5.41) is 0. The van der Waals surface area contributed by atoms with Crippen LogP contribution in [0.25, 0.3) is 0 Å². The minimum Gasteiger partial charge on any atom is -0.493 e. The fraction of sp³-hybridized carbons (Fsp3) is 0.310. The predicted octanol–water partition coefficient (Wildman–Crippen LogP) is 4.97. The number of esters is 1. The molecule has 4 rings (SSSR count). The molecule has 0 spiro atoms. The van der Waals surface area contributed by atoms with Gasteiger partial charge in [-0.2, -0.15) is 0 Å². The highest BCUT2D eigenvalue weighted by Crippen LogP contribution is 2.45. The number of hydrogen-bond acceptors (Lipinski definition) is 7. The summed E-state index contributed by atoms with van der Waals surface area (Å²) < 4.78 is 27.6. The van der Waals surface area contributed by atoms with Gasteiger partial charge in [0.1, 0.15) is 0 Å². The van der Waals surface area contributed by atoms with Gasteiger partial charge < -0.3 is 28.6 Å².